The van der Waals surface area contributed by atoms with E-state index in [1.807, 2.05) is 13.1 Å². The molecule has 2 aliphatic heterocycles. The molecule has 2 heterocycles. The zero-order valence-corrected chi connectivity index (χ0v) is 19.0. The third kappa shape index (κ3) is 5.19. The Balaban J connectivity index is 0.00000261. The summed E-state index contributed by atoms with van der Waals surface area (Å²) in [5.74, 6) is 3.05. The van der Waals surface area contributed by atoms with E-state index in [0.717, 1.165) is 50.1 Å². The lowest BCUT2D eigenvalue weighted by atomic mass is 9.74. The van der Waals surface area contributed by atoms with Crippen LogP contribution in [0.1, 0.15) is 39.2 Å². The van der Waals surface area contributed by atoms with E-state index in [1.54, 1.807) is 0 Å². The molecule has 2 aliphatic rings. The molecule has 6 nitrogen and oxygen atoms in total. The van der Waals surface area contributed by atoms with E-state index in [-0.39, 0.29) is 29.4 Å². The molecule has 0 saturated carbocycles. The van der Waals surface area contributed by atoms with Crippen LogP contribution in [0.15, 0.2) is 23.2 Å². The van der Waals surface area contributed by atoms with Gasteiger partial charge in [-0.05, 0) is 43.4 Å². The molecular weight excluding hydrogens is 457 g/mol. The minimum Gasteiger partial charge on any atom is -0.454 e. The first-order valence-corrected chi connectivity index (χ1v) is 9.49. The van der Waals surface area contributed by atoms with Crippen molar-refractivity contribution in [2.24, 2.45) is 10.9 Å². The van der Waals surface area contributed by atoms with Gasteiger partial charge >= 0.3 is 0 Å². The maximum atomic E-state index is 5.64. The van der Waals surface area contributed by atoms with Crippen molar-refractivity contribution in [2.75, 3.05) is 33.6 Å². The van der Waals surface area contributed by atoms with E-state index in [1.165, 1.54) is 5.56 Å². The summed E-state index contributed by atoms with van der Waals surface area (Å²) in [5.41, 5.74) is 1.27. The molecule has 27 heavy (non-hydrogen) atoms. The van der Waals surface area contributed by atoms with Crippen LogP contribution in [0, 0.1) is 5.92 Å². The fourth-order valence-corrected chi connectivity index (χ4v) is 3.39. The minimum atomic E-state index is -0.00206. The van der Waals surface area contributed by atoms with Crippen molar-refractivity contribution in [3.8, 4) is 11.5 Å². The number of hydrogen-bond acceptors (Lipinski definition) is 4. The lowest BCUT2D eigenvalue weighted by molar-refractivity contribution is 0.0513. The standard InChI is InChI=1S/C20H31N3O3.HI/c1-14(2)15(3)23-19(21-4)22-12-20(7-9-24-10-8-20)16-5-6-17-18(11-16)26-13-25-17;/h5-6,11,14-15H,7-10,12-13H2,1-4H3,(H2,21,22,23);1H. The lowest BCUT2D eigenvalue weighted by Crippen LogP contribution is -2.50. The van der Waals surface area contributed by atoms with Crippen molar-refractivity contribution in [1.29, 1.82) is 0 Å². The van der Waals surface area contributed by atoms with Crippen molar-refractivity contribution in [3.63, 3.8) is 0 Å². The van der Waals surface area contributed by atoms with Crippen LogP contribution >= 0.6 is 24.0 Å². The molecule has 1 fully saturated rings. The molecule has 152 valence electrons. The number of fused-ring (bicyclic) bond motifs is 1. The van der Waals surface area contributed by atoms with Gasteiger partial charge in [-0.3, -0.25) is 4.99 Å². The summed E-state index contributed by atoms with van der Waals surface area (Å²) in [6.07, 6.45) is 1.94. The molecule has 7 heteroatoms. The van der Waals surface area contributed by atoms with Crippen LogP contribution in [0.25, 0.3) is 0 Å². The lowest BCUT2D eigenvalue weighted by Gasteiger charge is -2.38. The van der Waals surface area contributed by atoms with Crippen LogP contribution in [0.3, 0.4) is 0 Å². The number of ether oxygens (including phenoxy) is 3. The van der Waals surface area contributed by atoms with Gasteiger partial charge in [0.2, 0.25) is 6.79 Å². The average molecular weight is 489 g/mol. The molecule has 1 aromatic rings. The first kappa shape index (κ1) is 22.1. The van der Waals surface area contributed by atoms with E-state index in [0.29, 0.717) is 18.8 Å². The number of nitrogens with zero attached hydrogens (tertiary/aromatic N) is 1. The molecule has 0 aliphatic carbocycles. The normalized spacial score (nSPS) is 19.4. The molecular formula is C20H32IN3O3. The Hall–Kier alpha value is -1.22. The quantitative estimate of drug-likeness (QED) is 0.378. The Bertz CT molecular complexity index is 645. The number of benzene rings is 1. The zero-order valence-electron chi connectivity index (χ0n) is 16.7. The van der Waals surface area contributed by atoms with Crippen LogP contribution in [-0.2, 0) is 10.2 Å². The second-order valence-corrected chi connectivity index (χ2v) is 7.56. The smallest absolute Gasteiger partial charge is 0.231 e. The van der Waals surface area contributed by atoms with Gasteiger partial charge in [0, 0.05) is 38.3 Å². The van der Waals surface area contributed by atoms with Gasteiger partial charge in [-0.15, -0.1) is 24.0 Å². The predicted molar refractivity (Wildman–Crippen MR) is 119 cm³/mol. The monoisotopic (exact) mass is 489 g/mol. The molecule has 0 aromatic heterocycles. The number of aliphatic imine (C=N–C) groups is 1. The Labute approximate surface area is 179 Å². The van der Waals surface area contributed by atoms with E-state index < -0.39 is 0 Å². The van der Waals surface area contributed by atoms with Crippen molar-refractivity contribution in [1.82, 2.24) is 10.6 Å². The van der Waals surface area contributed by atoms with Crippen molar-refractivity contribution < 1.29 is 14.2 Å². The Kier molecular flexibility index (Phi) is 8.03. The third-order valence-electron chi connectivity index (χ3n) is 5.62. The topological polar surface area (TPSA) is 64.1 Å². The van der Waals surface area contributed by atoms with E-state index in [2.05, 4.69) is 48.5 Å². The largest absolute Gasteiger partial charge is 0.454 e. The summed E-state index contributed by atoms with van der Waals surface area (Å²) >= 11 is 0. The average Bonchev–Trinajstić information content (AvgIpc) is 3.13. The molecule has 2 N–H and O–H groups in total. The molecule has 1 atom stereocenters. The van der Waals surface area contributed by atoms with Gasteiger partial charge in [0.25, 0.3) is 0 Å². The second kappa shape index (κ2) is 9.82. The maximum Gasteiger partial charge on any atom is 0.231 e. The van der Waals surface area contributed by atoms with Crippen molar-refractivity contribution in [3.05, 3.63) is 23.8 Å². The minimum absolute atomic E-state index is 0. The first-order valence-electron chi connectivity index (χ1n) is 9.49. The highest BCUT2D eigenvalue weighted by atomic mass is 127. The van der Waals surface area contributed by atoms with Gasteiger partial charge in [0.05, 0.1) is 0 Å². The summed E-state index contributed by atoms with van der Waals surface area (Å²) in [6.45, 7) is 9.24. The Morgan fingerprint density at radius 2 is 1.85 bits per heavy atom. The summed E-state index contributed by atoms with van der Waals surface area (Å²) in [5, 5.41) is 7.02. The highest BCUT2D eigenvalue weighted by Gasteiger charge is 2.36. The number of nitrogens with one attached hydrogen (secondary N) is 2. The van der Waals surface area contributed by atoms with Gasteiger partial charge in [0.1, 0.15) is 0 Å². The van der Waals surface area contributed by atoms with Gasteiger partial charge < -0.3 is 24.8 Å². The van der Waals surface area contributed by atoms with E-state index in [4.69, 9.17) is 14.2 Å². The number of hydrogen-bond donors (Lipinski definition) is 2. The van der Waals surface area contributed by atoms with Gasteiger partial charge in [-0.2, -0.15) is 0 Å². The number of guanidine groups is 1. The van der Waals surface area contributed by atoms with Crippen LogP contribution in [0.4, 0.5) is 0 Å². The fourth-order valence-electron chi connectivity index (χ4n) is 3.39. The second-order valence-electron chi connectivity index (χ2n) is 7.56. The van der Waals surface area contributed by atoms with Crippen LogP contribution in [0.5, 0.6) is 11.5 Å². The molecule has 1 aromatic carbocycles. The van der Waals surface area contributed by atoms with Crippen molar-refractivity contribution in [2.45, 2.75) is 45.1 Å². The molecule has 1 saturated heterocycles. The summed E-state index contributed by atoms with van der Waals surface area (Å²) in [4.78, 5) is 4.40. The van der Waals surface area contributed by atoms with Crippen molar-refractivity contribution >= 4 is 29.9 Å². The zero-order chi connectivity index (χ0) is 18.6. The molecule has 1 unspecified atom stereocenters. The molecule has 0 bridgehead atoms. The van der Waals surface area contributed by atoms with E-state index in [9.17, 15) is 0 Å². The molecule has 0 spiro atoms. The number of rotatable bonds is 5. The fraction of sp³-hybridized carbons (Fsp3) is 0.650. The van der Waals surface area contributed by atoms with E-state index >= 15 is 0 Å². The van der Waals surface area contributed by atoms with Crippen LogP contribution < -0.4 is 20.1 Å². The third-order valence-corrected chi connectivity index (χ3v) is 5.62. The number of halogens is 1. The maximum absolute atomic E-state index is 5.64. The van der Waals surface area contributed by atoms with Crippen LogP contribution in [-0.4, -0.2) is 45.6 Å². The highest BCUT2D eigenvalue weighted by Crippen LogP contribution is 2.40. The summed E-state index contributed by atoms with van der Waals surface area (Å²) in [7, 11) is 1.82. The molecule has 3 rings (SSSR count). The van der Waals surface area contributed by atoms with Gasteiger partial charge in [-0.25, -0.2) is 0 Å². The SMILES string of the molecule is CN=C(NCC1(c2ccc3c(c2)OCO3)CCOCC1)NC(C)C(C)C.I. The van der Waals surface area contributed by atoms with Gasteiger partial charge in [0.15, 0.2) is 17.5 Å². The Morgan fingerprint density at radius 1 is 1.15 bits per heavy atom. The molecule has 0 radical (unpaired) electrons. The van der Waals surface area contributed by atoms with Gasteiger partial charge in [-0.1, -0.05) is 19.9 Å². The first-order chi connectivity index (χ1) is 12.5. The molecule has 0 amide bonds. The summed E-state index contributed by atoms with van der Waals surface area (Å²) in [6, 6.07) is 6.66. The highest BCUT2D eigenvalue weighted by molar-refractivity contribution is 14.0. The summed E-state index contributed by atoms with van der Waals surface area (Å²) < 4.78 is 16.7. The Morgan fingerprint density at radius 3 is 2.52 bits per heavy atom. The predicted octanol–water partition coefficient (Wildman–Crippen LogP) is 3.29. The van der Waals surface area contributed by atoms with Crippen LogP contribution in [0.2, 0.25) is 0 Å².